The monoisotopic (exact) mass is 314 g/mol. The van der Waals surface area contributed by atoms with Crippen LogP contribution in [0.5, 0.6) is 0 Å². The van der Waals surface area contributed by atoms with E-state index in [1.807, 2.05) is 48.5 Å². The van der Waals surface area contributed by atoms with E-state index in [2.05, 4.69) is 0 Å². The summed E-state index contributed by atoms with van der Waals surface area (Å²) in [5.74, 6) is -0.874. The summed E-state index contributed by atoms with van der Waals surface area (Å²) in [5.41, 5.74) is 7.58. The van der Waals surface area contributed by atoms with Crippen molar-refractivity contribution in [3.8, 4) is 0 Å². The molecule has 1 amide bonds. The van der Waals surface area contributed by atoms with Crippen molar-refractivity contribution in [3.05, 3.63) is 83.9 Å². The number of fused-ring (bicyclic) bond motifs is 3. The van der Waals surface area contributed by atoms with Crippen LogP contribution in [0.3, 0.4) is 0 Å². The lowest BCUT2D eigenvalue weighted by Gasteiger charge is -2.09. The average Bonchev–Trinajstić information content (AvgIpc) is 2.95. The Kier molecular flexibility index (Phi) is 3.17. The number of carbonyl (C=O) groups is 2. The van der Waals surface area contributed by atoms with Gasteiger partial charge in [0, 0.05) is 10.8 Å². The molecule has 1 heterocycles. The zero-order valence-electron chi connectivity index (χ0n) is 12.8. The predicted octanol–water partition coefficient (Wildman–Crippen LogP) is 3.58. The van der Waals surface area contributed by atoms with Crippen LogP contribution in [0, 0.1) is 0 Å². The highest BCUT2D eigenvalue weighted by Crippen LogP contribution is 2.29. The zero-order valence-corrected chi connectivity index (χ0v) is 12.8. The lowest BCUT2D eigenvalue weighted by atomic mass is 10.1. The van der Waals surface area contributed by atoms with E-state index in [-0.39, 0.29) is 11.5 Å². The van der Waals surface area contributed by atoms with Gasteiger partial charge in [-0.05, 0) is 24.3 Å². The predicted molar refractivity (Wildman–Crippen MR) is 94.1 cm³/mol. The molecule has 4 heteroatoms. The molecule has 1 aromatic heterocycles. The van der Waals surface area contributed by atoms with Crippen LogP contribution in [0.1, 0.15) is 20.7 Å². The summed E-state index contributed by atoms with van der Waals surface area (Å²) in [6.45, 7) is 0. The molecule has 0 spiro atoms. The molecule has 0 aliphatic heterocycles. The smallest absolute Gasteiger partial charge is 0.263 e. The number of benzene rings is 3. The number of nitrogens with two attached hydrogens (primary N) is 1. The first kappa shape index (κ1) is 14.2. The third-order valence-corrected chi connectivity index (χ3v) is 4.21. The molecular formula is C20H14N2O2. The molecule has 4 rings (SSSR count). The highest BCUT2D eigenvalue weighted by Gasteiger charge is 2.20. The minimum atomic E-state index is -0.611. The van der Waals surface area contributed by atoms with Gasteiger partial charge in [-0.25, -0.2) is 0 Å². The Morgan fingerprint density at radius 2 is 1.12 bits per heavy atom. The van der Waals surface area contributed by atoms with Crippen LogP contribution in [0.15, 0.2) is 72.8 Å². The number of primary amides is 1. The van der Waals surface area contributed by atoms with Crippen LogP contribution < -0.4 is 5.73 Å². The van der Waals surface area contributed by atoms with E-state index in [0.717, 1.165) is 21.8 Å². The van der Waals surface area contributed by atoms with E-state index in [1.54, 1.807) is 28.8 Å². The van der Waals surface area contributed by atoms with E-state index in [9.17, 15) is 9.59 Å². The molecule has 4 aromatic rings. The highest BCUT2D eigenvalue weighted by atomic mass is 16.2. The van der Waals surface area contributed by atoms with Gasteiger partial charge in [-0.15, -0.1) is 0 Å². The lowest BCUT2D eigenvalue weighted by molar-refractivity contribution is 0.0948. The Balaban J connectivity index is 2.06. The molecule has 0 bridgehead atoms. The Hall–Kier alpha value is -3.40. The first-order chi connectivity index (χ1) is 11.7. The van der Waals surface area contributed by atoms with Crippen molar-refractivity contribution in [2.75, 3.05) is 0 Å². The van der Waals surface area contributed by atoms with Crippen molar-refractivity contribution in [1.82, 2.24) is 4.57 Å². The van der Waals surface area contributed by atoms with Crippen LogP contribution in [0.2, 0.25) is 0 Å². The second-order valence-corrected chi connectivity index (χ2v) is 5.58. The Morgan fingerprint density at radius 1 is 0.667 bits per heavy atom. The third-order valence-electron chi connectivity index (χ3n) is 4.21. The molecule has 24 heavy (non-hydrogen) atoms. The molecule has 116 valence electrons. The fourth-order valence-electron chi connectivity index (χ4n) is 3.15. The van der Waals surface area contributed by atoms with Crippen molar-refractivity contribution < 1.29 is 9.59 Å². The maximum absolute atomic E-state index is 13.2. The molecule has 0 atom stereocenters. The number of hydrogen-bond donors (Lipinski definition) is 1. The molecule has 3 aromatic carbocycles. The van der Waals surface area contributed by atoms with Crippen LogP contribution in [-0.2, 0) is 0 Å². The first-order valence-electron chi connectivity index (χ1n) is 7.60. The number of nitrogens with zero attached hydrogens (tertiary/aromatic N) is 1. The normalized spacial score (nSPS) is 11.0. The van der Waals surface area contributed by atoms with Crippen LogP contribution >= 0.6 is 0 Å². The maximum Gasteiger partial charge on any atom is 0.263 e. The summed E-state index contributed by atoms with van der Waals surface area (Å²) in [6.07, 6.45) is 0. The van der Waals surface area contributed by atoms with E-state index in [0.29, 0.717) is 5.56 Å². The third kappa shape index (κ3) is 2.01. The number of para-hydroxylation sites is 2. The Morgan fingerprint density at radius 3 is 1.67 bits per heavy atom. The average molecular weight is 314 g/mol. The van der Waals surface area contributed by atoms with Gasteiger partial charge in [0.25, 0.3) is 5.91 Å². The minimum Gasteiger partial charge on any atom is -0.366 e. The maximum atomic E-state index is 13.2. The van der Waals surface area contributed by atoms with Gasteiger partial charge in [0.05, 0.1) is 22.2 Å². The summed E-state index contributed by atoms with van der Waals surface area (Å²) in [6, 6.07) is 22.1. The summed E-state index contributed by atoms with van der Waals surface area (Å²) in [7, 11) is 0. The molecule has 0 aliphatic carbocycles. The van der Waals surface area contributed by atoms with Gasteiger partial charge < -0.3 is 5.73 Å². The van der Waals surface area contributed by atoms with Crippen molar-refractivity contribution >= 4 is 33.6 Å². The molecule has 0 aliphatic rings. The molecular weight excluding hydrogens is 300 g/mol. The number of amides is 1. The minimum absolute atomic E-state index is 0.226. The first-order valence-corrected chi connectivity index (χ1v) is 7.60. The summed E-state index contributed by atoms with van der Waals surface area (Å²) in [4.78, 5) is 24.9. The number of rotatable bonds is 2. The van der Waals surface area contributed by atoms with E-state index in [4.69, 9.17) is 5.73 Å². The Bertz CT molecular complexity index is 1060. The number of aromatic nitrogens is 1. The van der Waals surface area contributed by atoms with Crippen molar-refractivity contribution in [2.45, 2.75) is 0 Å². The van der Waals surface area contributed by atoms with Gasteiger partial charge in [0.15, 0.2) is 0 Å². The quantitative estimate of drug-likeness (QED) is 0.614. The summed E-state index contributed by atoms with van der Waals surface area (Å²) >= 11 is 0. The van der Waals surface area contributed by atoms with Crippen molar-refractivity contribution in [1.29, 1.82) is 0 Å². The topological polar surface area (TPSA) is 65.1 Å². The SMILES string of the molecule is NC(=O)c1ccccc1C(=O)n1c2ccccc2c2ccccc21. The van der Waals surface area contributed by atoms with Gasteiger partial charge in [0.1, 0.15) is 0 Å². The van der Waals surface area contributed by atoms with Gasteiger partial charge in [-0.2, -0.15) is 0 Å². The molecule has 0 fully saturated rings. The molecule has 0 saturated heterocycles. The second kappa shape index (κ2) is 5.35. The second-order valence-electron chi connectivity index (χ2n) is 5.58. The molecule has 4 nitrogen and oxygen atoms in total. The van der Waals surface area contributed by atoms with Gasteiger partial charge in [-0.1, -0.05) is 48.5 Å². The van der Waals surface area contributed by atoms with E-state index >= 15 is 0 Å². The van der Waals surface area contributed by atoms with E-state index in [1.165, 1.54) is 0 Å². The number of hydrogen-bond acceptors (Lipinski definition) is 2. The lowest BCUT2D eigenvalue weighted by Crippen LogP contribution is -2.20. The molecule has 0 unspecified atom stereocenters. The van der Waals surface area contributed by atoms with Gasteiger partial charge in [0.2, 0.25) is 5.91 Å². The largest absolute Gasteiger partial charge is 0.366 e. The molecule has 0 saturated carbocycles. The summed E-state index contributed by atoms with van der Waals surface area (Å²) in [5, 5.41) is 2.00. The van der Waals surface area contributed by atoms with Crippen LogP contribution in [-0.4, -0.2) is 16.4 Å². The fraction of sp³-hybridized carbons (Fsp3) is 0. The van der Waals surface area contributed by atoms with Crippen molar-refractivity contribution in [3.63, 3.8) is 0 Å². The van der Waals surface area contributed by atoms with E-state index < -0.39 is 5.91 Å². The highest BCUT2D eigenvalue weighted by molar-refractivity contribution is 6.18. The molecule has 2 N–H and O–H groups in total. The fourth-order valence-corrected chi connectivity index (χ4v) is 3.15. The standard InChI is InChI=1S/C20H14N2O2/c21-19(23)15-9-1-2-10-16(15)20(24)22-17-11-5-3-7-13(17)14-8-4-6-12-18(14)22/h1-12H,(H2,21,23). The Labute approximate surface area is 138 Å². The number of carbonyl (C=O) groups excluding carboxylic acids is 2. The molecule has 0 radical (unpaired) electrons. The van der Waals surface area contributed by atoms with Crippen LogP contribution in [0.4, 0.5) is 0 Å². The summed E-state index contributed by atoms with van der Waals surface area (Å²) < 4.78 is 1.65. The van der Waals surface area contributed by atoms with Gasteiger partial charge >= 0.3 is 0 Å². The zero-order chi connectivity index (χ0) is 16.7. The van der Waals surface area contributed by atoms with Crippen LogP contribution in [0.25, 0.3) is 21.8 Å². The van der Waals surface area contributed by atoms with Crippen molar-refractivity contribution in [2.24, 2.45) is 5.73 Å². The van der Waals surface area contributed by atoms with Gasteiger partial charge in [-0.3, -0.25) is 14.2 Å².